The maximum Gasteiger partial charge on any atom is 0.119 e. The van der Waals surface area contributed by atoms with Gasteiger partial charge in [-0.1, -0.05) is 19.1 Å². The largest absolute Gasteiger partial charge is 0.492 e. The first-order valence-corrected chi connectivity index (χ1v) is 8.45. The number of benzene rings is 1. The van der Waals surface area contributed by atoms with E-state index in [2.05, 4.69) is 48.3 Å². The number of aryl methyl sites for hydroxylation is 1. The highest BCUT2D eigenvalue weighted by molar-refractivity contribution is 5.27. The van der Waals surface area contributed by atoms with Crippen LogP contribution in [-0.2, 0) is 0 Å². The lowest BCUT2D eigenvalue weighted by Gasteiger charge is -2.39. The minimum absolute atomic E-state index is 0.737. The molecule has 0 radical (unpaired) electrons. The van der Waals surface area contributed by atoms with Gasteiger partial charge in [-0.25, -0.2) is 0 Å². The summed E-state index contributed by atoms with van der Waals surface area (Å²) < 4.78 is 5.93. The summed E-state index contributed by atoms with van der Waals surface area (Å²) in [5, 5.41) is 3.64. The Morgan fingerprint density at radius 1 is 1.24 bits per heavy atom. The van der Waals surface area contributed by atoms with Gasteiger partial charge in [-0.3, -0.25) is 4.90 Å². The lowest BCUT2D eigenvalue weighted by Crippen LogP contribution is -2.50. The van der Waals surface area contributed by atoms with Crippen molar-refractivity contribution in [1.29, 1.82) is 0 Å². The zero-order valence-corrected chi connectivity index (χ0v) is 13.3. The summed E-state index contributed by atoms with van der Waals surface area (Å²) in [5.74, 6) is 1.00. The normalized spacial score (nSPS) is 28.8. The molecule has 0 spiro atoms. The third-order valence-electron chi connectivity index (χ3n) is 4.98. The Labute approximate surface area is 128 Å². The van der Waals surface area contributed by atoms with Crippen LogP contribution in [0.5, 0.6) is 5.75 Å². The zero-order valence-electron chi connectivity index (χ0n) is 13.3. The summed E-state index contributed by atoms with van der Waals surface area (Å²) in [5.41, 5.74) is 1.26. The van der Waals surface area contributed by atoms with Crippen molar-refractivity contribution in [3.8, 4) is 5.75 Å². The summed E-state index contributed by atoms with van der Waals surface area (Å²) >= 11 is 0. The van der Waals surface area contributed by atoms with Crippen LogP contribution in [0.15, 0.2) is 24.3 Å². The number of hydrogen-bond donors (Lipinski definition) is 1. The summed E-state index contributed by atoms with van der Waals surface area (Å²) in [6.45, 7) is 7.30. The van der Waals surface area contributed by atoms with Crippen LogP contribution in [0.3, 0.4) is 0 Å². The van der Waals surface area contributed by atoms with Crippen molar-refractivity contribution >= 4 is 0 Å². The smallest absolute Gasteiger partial charge is 0.119 e. The van der Waals surface area contributed by atoms with E-state index < -0.39 is 0 Å². The first-order chi connectivity index (χ1) is 10.3. The lowest BCUT2D eigenvalue weighted by molar-refractivity contribution is 0.0983. The third-order valence-corrected chi connectivity index (χ3v) is 4.98. The fourth-order valence-corrected chi connectivity index (χ4v) is 4.07. The fraction of sp³-hybridized carbons (Fsp3) is 0.667. The van der Waals surface area contributed by atoms with Crippen molar-refractivity contribution in [2.75, 3.05) is 19.7 Å². The quantitative estimate of drug-likeness (QED) is 0.871. The fourth-order valence-electron chi connectivity index (χ4n) is 4.07. The Bertz CT molecular complexity index is 448. The van der Waals surface area contributed by atoms with Gasteiger partial charge in [0.25, 0.3) is 0 Å². The molecule has 2 atom stereocenters. The molecule has 2 aliphatic rings. The molecule has 3 rings (SSSR count). The van der Waals surface area contributed by atoms with Crippen molar-refractivity contribution in [3.05, 3.63) is 29.8 Å². The van der Waals surface area contributed by atoms with Gasteiger partial charge in [0.05, 0.1) is 0 Å². The summed E-state index contributed by atoms with van der Waals surface area (Å²) in [7, 11) is 0. The van der Waals surface area contributed by atoms with Gasteiger partial charge < -0.3 is 10.1 Å². The maximum absolute atomic E-state index is 5.93. The summed E-state index contributed by atoms with van der Waals surface area (Å²) in [4.78, 5) is 2.70. The van der Waals surface area contributed by atoms with Crippen LogP contribution in [0, 0.1) is 6.92 Å². The van der Waals surface area contributed by atoms with Crippen molar-refractivity contribution in [2.45, 2.75) is 57.7 Å². The van der Waals surface area contributed by atoms with Crippen molar-refractivity contribution < 1.29 is 4.74 Å². The Hall–Kier alpha value is -1.06. The maximum atomic E-state index is 5.93. The molecule has 0 aromatic heterocycles. The molecule has 21 heavy (non-hydrogen) atoms. The molecule has 0 amide bonds. The van der Waals surface area contributed by atoms with E-state index in [1.165, 1.54) is 31.2 Å². The van der Waals surface area contributed by atoms with E-state index in [0.29, 0.717) is 0 Å². The van der Waals surface area contributed by atoms with Crippen molar-refractivity contribution in [2.24, 2.45) is 0 Å². The van der Waals surface area contributed by atoms with Gasteiger partial charge in [0.2, 0.25) is 0 Å². The van der Waals surface area contributed by atoms with E-state index in [-0.39, 0.29) is 0 Å². The molecule has 1 aromatic rings. The zero-order chi connectivity index (χ0) is 14.7. The average Bonchev–Trinajstić information content (AvgIpc) is 2.70. The molecular weight excluding hydrogens is 260 g/mol. The minimum Gasteiger partial charge on any atom is -0.492 e. The molecule has 1 aromatic carbocycles. The molecular formula is C18H28N2O. The van der Waals surface area contributed by atoms with Gasteiger partial charge in [-0.05, 0) is 56.8 Å². The van der Waals surface area contributed by atoms with Gasteiger partial charge in [0, 0.05) is 24.7 Å². The van der Waals surface area contributed by atoms with E-state index in [0.717, 1.165) is 43.6 Å². The van der Waals surface area contributed by atoms with Crippen LogP contribution in [0.2, 0.25) is 0 Å². The number of ether oxygens (including phenoxy) is 1. The van der Waals surface area contributed by atoms with Crippen LogP contribution in [0.4, 0.5) is 0 Å². The second kappa shape index (κ2) is 6.80. The van der Waals surface area contributed by atoms with Crippen LogP contribution in [0.1, 0.15) is 38.2 Å². The van der Waals surface area contributed by atoms with Crippen LogP contribution in [-0.4, -0.2) is 42.7 Å². The number of nitrogens with zero attached hydrogens (tertiary/aromatic N) is 1. The molecule has 1 N–H and O–H groups in total. The predicted molar refractivity (Wildman–Crippen MR) is 86.9 cm³/mol. The molecule has 0 saturated carbocycles. The number of nitrogens with one attached hydrogen (secondary N) is 1. The van der Waals surface area contributed by atoms with Gasteiger partial charge in [0.1, 0.15) is 12.4 Å². The predicted octanol–water partition coefficient (Wildman–Crippen LogP) is 2.98. The van der Waals surface area contributed by atoms with Gasteiger partial charge in [0.15, 0.2) is 0 Å². The first kappa shape index (κ1) is 14.9. The average molecular weight is 288 g/mol. The first-order valence-electron chi connectivity index (χ1n) is 8.45. The van der Waals surface area contributed by atoms with Gasteiger partial charge >= 0.3 is 0 Å². The highest BCUT2D eigenvalue weighted by Crippen LogP contribution is 2.35. The lowest BCUT2D eigenvalue weighted by atomic mass is 9.97. The van der Waals surface area contributed by atoms with Crippen LogP contribution in [0.25, 0.3) is 0 Å². The van der Waals surface area contributed by atoms with E-state index in [4.69, 9.17) is 4.74 Å². The molecule has 2 bridgehead atoms. The number of rotatable bonds is 6. The number of fused-ring (bicyclic) bond motifs is 2. The summed E-state index contributed by atoms with van der Waals surface area (Å²) in [6, 6.07) is 10.6. The van der Waals surface area contributed by atoms with E-state index in [1.54, 1.807) is 0 Å². The topological polar surface area (TPSA) is 24.5 Å². The third kappa shape index (κ3) is 3.58. The number of piperidine rings is 1. The molecule has 2 unspecified atom stereocenters. The van der Waals surface area contributed by atoms with E-state index in [1.807, 2.05) is 0 Å². The Kier molecular flexibility index (Phi) is 4.81. The highest BCUT2D eigenvalue weighted by atomic mass is 16.5. The second-order valence-corrected chi connectivity index (χ2v) is 6.51. The van der Waals surface area contributed by atoms with Gasteiger partial charge in [-0.15, -0.1) is 0 Å². The monoisotopic (exact) mass is 288 g/mol. The van der Waals surface area contributed by atoms with Crippen LogP contribution >= 0.6 is 0 Å². The molecule has 2 saturated heterocycles. The molecule has 2 fully saturated rings. The van der Waals surface area contributed by atoms with Gasteiger partial charge in [-0.2, -0.15) is 0 Å². The molecule has 2 aliphatic heterocycles. The molecule has 0 aliphatic carbocycles. The number of hydrogen-bond acceptors (Lipinski definition) is 3. The van der Waals surface area contributed by atoms with Crippen LogP contribution < -0.4 is 10.1 Å². The van der Waals surface area contributed by atoms with E-state index in [9.17, 15) is 0 Å². The molecule has 3 nitrogen and oxygen atoms in total. The molecule has 116 valence electrons. The minimum atomic E-state index is 0.737. The Morgan fingerprint density at radius 3 is 2.67 bits per heavy atom. The standard InChI is InChI=1S/C18H28N2O/c1-3-19-15-12-16-7-8-17(13-15)20(16)9-10-21-18-6-4-5-14(2)11-18/h4-6,11,15-17,19H,3,7-10,12-13H2,1-2H3. The molecule has 3 heteroatoms. The Morgan fingerprint density at radius 2 is 2.00 bits per heavy atom. The molecule has 2 heterocycles. The highest BCUT2D eigenvalue weighted by Gasteiger charge is 2.39. The second-order valence-electron chi connectivity index (χ2n) is 6.51. The Balaban J connectivity index is 1.48. The van der Waals surface area contributed by atoms with Crippen molar-refractivity contribution in [1.82, 2.24) is 10.2 Å². The summed E-state index contributed by atoms with van der Waals surface area (Å²) in [6.07, 6.45) is 5.37. The van der Waals surface area contributed by atoms with Crippen molar-refractivity contribution in [3.63, 3.8) is 0 Å². The SMILES string of the molecule is CCNC1CC2CCC(C1)N2CCOc1cccc(C)c1. The van der Waals surface area contributed by atoms with E-state index >= 15 is 0 Å².